The Morgan fingerprint density at radius 3 is 2.95 bits per heavy atom. The number of fused-ring (bicyclic) bond motifs is 1. The largest absolute Gasteiger partial charge is 0.399 e. The van der Waals surface area contributed by atoms with Gasteiger partial charge in [-0.2, -0.15) is 0 Å². The average Bonchev–Trinajstić information content (AvgIpc) is 2.87. The van der Waals surface area contributed by atoms with Crippen LogP contribution < -0.4 is 11.1 Å². The summed E-state index contributed by atoms with van der Waals surface area (Å²) >= 11 is 0.904. The van der Waals surface area contributed by atoms with Gasteiger partial charge >= 0.3 is 0 Å². The molecule has 0 saturated carbocycles. The second kappa shape index (κ2) is 5.32. The van der Waals surface area contributed by atoms with Crippen molar-refractivity contribution in [3.63, 3.8) is 0 Å². The van der Waals surface area contributed by atoms with Gasteiger partial charge in [-0.05, 0) is 42.5 Å². The lowest BCUT2D eigenvalue weighted by Crippen LogP contribution is -2.17. The highest BCUT2D eigenvalue weighted by Gasteiger charge is 2.22. The van der Waals surface area contributed by atoms with Crippen molar-refractivity contribution in [2.45, 2.75) is 31.7 Å². The van der Waals surface area contributed by atoms with Crippen LogP contribution in [0, 0.1) is 0 Å². The maximum Gasteiger partial charge on any atom is 0.291 e. The van der Waals surface area contributed by atoms with Crippen LogP contribution in [0.5, 0.6) is 0 Å². The lowest BCUT2D eigenvalue weighted by atomic mass is 9.87. The van der Waals surface area contributed by atoms with Gasteiger partial charge in [0.25, 0.3) is 6.43 Å². The third-order valence-electron chi connectivity index (χ3n) is 3.41. The van der Waals surface area contributed by atoms with E-state index >= 15 is 0 Å². The van der Waals surface area contributed by atoms with Crippen molar-refractivity contribution in [2.75, 3.05) is 11.1 Å². The highest BCUT2D eigenvalue weighted by atomic mass is 32.1. The van der Waals surface area contributed by atoms with Crippen molar-refractivity contribution in [1.29, 1.82) is 0 Å². The molecular formula is C13H14F2N4S. The quantitative estimate of drug-likeness (QED) is 0.850. The average molecular weight is 296 g/mol. The third-order valence-corrected chi connectivity index (χ3v) is 4.27. The van der Waals surface area contributed by atoms with E-state index in [1.54, 1.807) is 0 Å². The van der Waals surface area contributed by atoms with E-state index in [4.69, 9.17) is 5.73 Å². The Morgan fingerprint density at radius 2 is 2.20 bits per heavy atom. The summed E-state index contributed by atoms with van der Waals surface area (Å²) in [6.07, 6.45) is 0.410. The molecule has 3 rings (SSSR count). The summed E-state index contributed by atoms with van der Waals surface area (Å²) in [7, 11) is 0. The molecule has 1 aliphatic carbocycles. The topological polar surface area (TPSA) is 63.8 Å². The lowest BCUT2D eigenvalue weighted by molar-refractivity contribution is 0.150. The fourth-order valence-corrected chi connectivity index (χ4v) is 3.17. The van der Waals surface area contributed by atoms with Gasteiger partial charge in [0.05, 0.1) is 6.04 Å². The molecule has 0 fully saturated rings. The van der Waals surface area contributed by atoms with Gasteiger partial charge in [-0.3, -0.25) is 0 Å². The zero-order chi connectivity index (χ0) is 14.1. The number of halogens is 2. The number of hydrogen-bond donors (Lipinski definition) is 2. The summed E-state index contributed by atoms with van der Waals surface area (Å²) in [6, 6.07) is 5.92. The second-order valence-electron chi connectivity index (χ2n) is 4.79. The molecule has 1 aliphatic rings. The minimum atomic E-state index is -2.57. The number of nitrogens with zero attached hydrogens (tertiary/aromatic N) is 2. The summed E-state index contributed by atoms with van der Waals surface area (Å²) in [4.78, 5) is 0. The first-order chi connectivity index (χ1) is 9.63. The van der Waals surface area contributed by atoms with Gasteiger partial charge < -0.3 is 11.1 Å². The molecular weight excluding hydrogens is 282 g/mol. The van der Waals surface area contributed by atoms with E-state index < -0.39 is 6.43 Å². The standard InChI is InChI=1S/C13H14F2N4S/c14-11(15)12-18-19-13(20-12)17-10-3-1-2-7-6-8(16)4-5-9(7)10/h4-6,10-11H,1-3,16H2,(H,17,19). The highest BCUT2D eigenvalue weighted by Crippen LogP contribution is 2.35. The van der Waals surface area contributed by atoms with Crippen LogP contribution >= 0.6 is 11.3 Å². The minimum absolute atomic E-state index is 0.0813. The van der Waals surface area contributed by atoms with Gasteiger partial charge in [-0.1, -0.05) is 17.4 Å². The predicted octanol–water partition coefficient (Wildman–Crippen LogP) is 3.55. The Balaban J connectivity index is 1.82. The van der Waals surface area contributed by atoms with Gasteiger partial charge in [-0.15, -0.1) is 10.2 Å². The van der Waals surface area contributed by atoms with Crippen LogP contribution in [0.15, 0.2) is 18.2 Å². The number of anilines is 2. The van der Waals surface area contributed by atoms with E-state index in [1.807, 2.05) is 18.2 Å². The van der Waals surface area contributed by atoms with Gasteiger partial charge in [0, 0.05) is 5.69 Å². The van der Waals surface area contributed by atoms with Crippen LogP contribution in [-0.2, 0) is 6.42 Å². The SMILES string of the molecule is Nc1ccc2c(c1)CCCC2Nc1nnc(C(F)F)s1. The molecule has 2 aromatic rings. The van der Waals surface area contributed by atoms with E-state index in [-0.39, 0.29) is 11.0 Å². The molecule has 0 saturated heterocycles. The molecule has 1 aromatic heterocycles. The van der Waals surface area contributed by atoms with E-state index in [2.05, 4.69) is 15.5 Å². The lowest BCUT2D eigenvalue weighted by Gasteiger charge is -2.26. The molecule has 1 heterocycles. The molecule has 1 aromatic carbocycles. The van der Waals surface area contributed by atoms with E-state index in [1.165, 1.54) is 11.1 Å². The molecule has 0 amide bonds. The summed E-state index contributed by atoms with van der Waals surface area (Å²) in [5.74, 6) is 0. The van der Waals surface area contributed by atoms with Crippen LogP contribution in [0.2, 0.25) is 0 Å². The zero-order valence-electron chi connectivity index (χ0n) is 10.6. The summed E-state index contributed by atoms with van der Waals surface area (Å²) in [5.41, 5.74) is 8.92. The summed E-state index contributed by atoms with van der Waals surface area (Å²) in [5, 5.41) is 10.7. The normalized spacial score (nSPS) is 18.1. The Bertz CT molecular complexity index is 614. The molecule has 0 bridgehead atoms. The Kier molecular flexibility index (Phi) is 3.52. The van der Waals surface area contributed by atoms with Crippen molar-refractivity contribution in [3.8, 4) is 0 Å². The van der Waals surface area contributed by atoms with Crippen LogP contribution in [-0.4, -0.2) is 10.2 Å². The van der Waals surface area contributed by atoms with Crippen molar-refractivity contribution in [3.05, 3.63) is 34.3 Å². The Morgan fingerprint density at radius 1 is 1.35 bits per heavy atom. The fraction of sp³-hybridized carbons (Fsp3) is 0.385. The van der Waals surface area contributed by atoms with Gasteiger partial charge in [0.15, 0.2) is 5.01 Å². The number of aryl methyl sites for hydroxylation is 1. The molecule has 7 heteroatoms. The van der Waals surface area contributed by atoms with Crippen LogP contribution in [0.4, 0.5) is 19.6 Å². The number of rotatable bonds is 3. The van der Waals surface area contributed by atoms with Crippen LogP contribution in [0.25, 0.3) is 0 Å². The van der Waals surface area contributed by atoms with E-state index in [9.17, 15) is 8.78 Å². The number of alkyl halides is 2. The molecule has 4 nitrogen and oxygen atoms in total. The van der Waals surface area contributed by atoms with Crippen molar-refractivity contribution >= 4 is 22.2 Å². The molecule has 20 heavy (non-hydrogen) atoms. The van der Waals surface area contributed by atoms with Crippen LogP contribution in [0.1, 0.15) is 41.4 Å². The highest BCUT2D eigenvalue weighted by molar-refractivity contribution is 7.15. The number of nitrogens with two attached hydrogens (primary N) is 1. The molecule has 1 atom stereocenters. The monoisotopic (exact) mass is 296 g/mol. The maximum atomic E-state index is 12.5. The number of hydrogen-bond acceptors (Lipinski definition) is 5. The number of benzene rings is 1. The van der Waals surface area contributed by atoms with Crippen molar-refractivity contribution in [2.24, 2.45) is 0 Å². The first-order valence-corrected chi connectivity index (χ1v) is 7.21. The van der Waals surface area contributed by atoms with Gasteiger partial charge in [-0.25, -0.2) is 8.78 Å². The molecule has 106 valence electrons. The zero-order valence-corrected chi connectivity index (χ0v) is 11.5. The molecule has 0 radical (unpaired) electrons. The molecule has 3 N–H and O–H groups in total. The predicted molar refractivity (Wildman–Crippen MR) is 75.0 cm³/mol. The van der Waals surface area contributed by atoms with Gasteiger partial charge in [0.2, 0.25) is 5.13 Å². The minimum Gasteiger partial charge on any atom is -0.399 e. The van der Waals surface area contributed by atoms with E-state index in [0.29, 0.717) is 5.13 Å². The fourth-order valence-electron chi connectivity index (χ4n) is 2.51. The summed E-state index contributed by atoms with van der Waals surface area (Å²) in [6.45, 7) is 0. The van der Waals surface area contributed by atoms with Crippen molar-refractivity contribution in [1.82, 2.24) is 10.2 Å². The first kappa shape index (κ1) is 13.2. The maximum absolute atomic E-state index is 12.5. The van der Waals surface area contributed by atoms with E-state index in [0.717, 1.165) is 36.3 Å². The Hall–Kier alpha value is -1.76. The number of nitrogens with one attached hydrogen (secondary N) is 1. The summed E-state index contributed by atoms with van der Waals surface area (Å²) < 4.78 is 25.0. The molecule has 1 unspecified atom stereocenters. The second-order valence-corrected chi connectivity index (χ2v) is 5.80. The molecule has 0 aliphatic heterocycles. The first-order valence-electron chi connectivity index (χ1n) is 6.40. The van der Waals surface area contributed by atoms with Gasteiger partial charge in [0.1, 0.15) is 0 Å². The molecule has 0 spiro atoms. The van der Waals surface area contributed by atoms with Crippen molar-refractivity contribution < 1.29 is 8.78 Å². The number of nitrogen functional groups attached to an aromatic ring is 1. The Labute approximate surface area is 119 Å². The third kappa shape index (κ3) is 2.58. The number of aromatic nitrogens is 2. The van der Waals surface area contributed by atoms with Crippen LogP contribution in [0.3, 0.4) is 0 Å². The smallest absolute Gasteiger partial charge is 0.291 e.